The Morgan fingerprint density at radius 1 is 1.50 bits per heavy atom. The van der Waals surface area contributed by atoms with Gasteiger partial charge in [-0.3, -0.25) is 4.79 Å². The van der Waals surface area contributed by atoms with Gasteiger partial charge < -0.3 is 20.1 Å². The maximum absolute atomic E-state index is 12.0. The highest BCUT2D eigenvalue weighted by molar-refractivity contribution is 5.44. The molecule has 0 radical (unpaired) electrons. The first-order chi connectivity index (χ1) is 9.74. The van der Waals surface area contributed by atoms with Gasteiger partial charge in [0.2, 0.25) is 0 Å². The van der Waals surface area contributed by atoms with Gasteiger partial charge in [0.05, 0.1) is 37.7 Å². The van der Waals surface area contributed by atoms with Crippen LogP contribution in [0.2, 0.25) is 0 Å². The summed E-state index contributed by atoms with van der Waals surface area (Å²) < 4.78 is 12.0. The van der Waals surface area contributed by atoms with Crippen LogP contribution in [0.4, 0.5) is 5.69 Å². The molecular weight excluding hydrogens is 260 g/mol. The molecule has 2 N–H and O–H groups in total. The Morgan fingerprint density at radius 3 is 3.00 bits per heavy atom. The monoisotopic (exact) mass is 282 g/mol. The smallest absolute Gasteiger partial charge is 0.268 e. The highest BCUT2D eigenvalue weighted by Gasteiger charge is 2.22. The molecular formula is C13H22N4O3. The minimum absolute atomic E-state index is 0.111. The van der Waals surface area contributed by atoms with Gasteiger partial charge in [-0.05, 0) is 6.42 Å². The van der Waals surface area contributed by atoms with Crippen LogP contribution in [-0.2, 0) is 16.0 Å². The number of aromatic nitrogens is 2. The zero-order chi connectivity index (χ0) is 14.4. The molecule has 7 nitrogen and oxygen atoms in total. The summed E-state index contributed by atoms with van der Waals surface area (Å²) >= 11 is 0. The minimum Gasteiger partial charge on any atom is -0.380 e. The Hall–Kier alpha value is -1.44. The van der Waals surface area contributed by atoms with Crippen molar-refractivity contribution in [1.29, 1.82) is 0 Å². The predicted octanol–water partition coefficient (Wildman–Crippen LogP) is -0.556. The first-order valence-corrected chi connectivity index (χ1v) is 6.87. The molecule has 0 aromatic carbocycles. The lowest BCUT2D eigenvalue weighted by molar-refractivity contribution is 0.121. The molecule has 0 aliphatic carbocycles. The van der Waals surface area contributed by atoms with Crippen molar-refractivity contribution >= 4 is 5.69 Å². The first-order valence-electron chi connectivity index (χ1n) is 6.87. The largest absolute Gasteiger partial charge is 0.380 e. The van der Waals surface area contributed by atoms with Crippen molar-refractivity contribution < 1.29 is 9.47 Å². The minimum atomic E-state index is -0.111. The SMILES string of the molecule is COC1CCN(c2cnn(CCOCCN)c(=O)c2)C1. The fourth-order valence-corrected chi connectivity index (χ4v) is 2.26. The number of methoxy groups -OCH3 is 1. The van der Waals surface area contributed by atoms with Crippen molar-refractivity contribution in [3.8, 4) is 0 Å². The molecule has 7 heteroatoms. The molecule has 20 heavy (non-hydrogen) atoms. The average Bonchev–Trinajstić information content (AvgIpc) is 2.94. The number of anilines is 1. The van der Waals surface area contributed by atoms with Gasteiger partial charge in [0.25, 0.3) is 5.56 Å². The van der Waals surface area contributed by atoms with Crippen LogP contribution in [0.15, 0.2) is 17.1 Å². The highest BCUT2D eigenvalue weighted by atomic mass is 16.5. The Kier molecular flexibility index (Phi) is 5.51. The van der Waals surface area contributed by atoms with Crippen molar-refractivity contribution in [3.63, 3.8) is 0 Å². The lowest BCUT2D eigenvalue weighted by Crippen LogP contribution is -2.28. The molecule has 1 atom stereocenters. The molecule has 1 aliphatic heterocycles. The van der Waals surface area contributed by atoms with Crippen LogP contribution in [0.1, 0.15) is 6.42 Å². The molecule has 1 fully saturated rings. The van der Waals surface area contributed by atoms with Crippen LogP contribution in [0.5, 0.6) is 0 Å². The Labute approximate surface area is 118 Å². The summed E-state index contributed by atoms with van der Waals surface area (Å²) in [6.45, 7) is 3.57. The molecule has 0 saturated carbocycles. The summed E-state index contributed by atoms with van der Waals surface area (Å²) in [7, 11) is 1.71. The van der Waals surface area contributed by atoms with E-state index in [-0.39, 0.29) is 11.7 Å². The first kappa shape index (κ1) is 15.0. The zero-order valence-electron chi connectivity index (χ0n) is 11.8. The van der Waals surface area contributed by atoms with E-state index in [9.17, 15) is 4.79 Å². The molecule has 0 amide bonds. The number of nitrogens with two attached hydrogens (primary N) is 1. The summed E-state index contributed by atoms with van der Waals surface area (Å²) in [6, 6.07) is 1.62. The van der Waals surface area contributed by atoms with Gasteiger partial charge in [0.1, 0.15) is 0 Å². The number of ether oxygens (including phenoxy) is 2. The van der Waals surface area contributed by atoms with Crippen LogP contribution in [0.25, 0.3) is 0 Å². The quantitative estimate of drug-likeness (QED) is 0.675. The molecule has 0 spiro atoms. The van der Waals surface area contributed by atoms with Crippen molar-refractivity contribution in [2.24, 2.45) is 5.73 Å². The third-order valence-corrected chi connectivity index (χ3v) is 3.41. The predicted molar refractivity (Wildman–Crippen MR) is 76.0 cm³/mol. The summed E-state index contributed by atoms with van der Waals surface area (Å²) in [4.78, 5) is 14.1. The van der Waals surface area contributed by atoms with Crippen LogP contribution in [0, 0.1) is 0 Å². The lowest BCUT2D eigenvalue weighted by atomic mass is 10.3. The van der Waals surface area contributed by atoms with E-state index in [1.54, 1.807) is 19.4 Å². The number of rotatable bonds is 7. The van der Waals surface area contributed by atoms with Gasteiger partial charge in [-0.1, -0.05) is 0 Å². The molecule has 1 aromatic rings. The number of hydrogen-bond donors (Lipinski definition) is 1. The van der Waals surface area contributed by atoms with Crippen LogP contribution >= 0.6 is 0 Å². The summed E-state index contributed by atoms with van der Waals surface area (Å²) in [5, 5.41) is 4.18. The highest BCUT2D eigenvalue weighted by Crippen LogP contribution is 2.19. The van der Waals surface area contributed by atoms with Crippen molar-refractivity contribution in [1.82, 2.24) is 9.78 Å². The standard InChI is InChI=1S/C13H22N4O3/c1-19-12-2-4-16(10-12)11-8-13(18)17(15-9-11)5-7-20-6-3-14/h8-9,12H,2-7,10,14H2,1H3. The van der Waals surface area contributed by atoms with E-state index in [4.69, 9.17) is 15.2 Å². The van der Waals surface area contributed by atoms with Gasteiger partial charge in [-0.15, -0.1) is 0 Å². The van der Waals surface area contributed by atoms with Gasteiger partial charge in [-0.2, -0.15) is 5.10 Å². The lowest BCUT2D eigenvalue weighted by Gasteiger charge is -2.18. The molecule has 1 unspecified atom stereocenters. The van der Waals surface area contributed by atoms with E-state index in [1.165, 1.54) is 4.68 Å². The van der Waals surface area contributed by atoms with Gasteiger partial charge in [0, 0.05) is 32.8 Å². The van der Waals surface area contributed by atoms with Gasteiger partial charge in [-0.25, -0.2) is 4.68 Å². The fourth-order valence-electron chi connectivity index (χ4n) is 2.26. The van der Waals surface area contributed by atoms with E-state index in [2.05, 4.69) is 10.00 Å². The fraction of sp³-hybridized carbons (Fsp3) is 0.692. The zero-order valence-corrected chi connectivity index (χ0v) is 11.8. The molecule has 1 aromatic heterocycles. The molecule has 0 bridgehead atoms. The molecule has 112 valence electrons. The summed E-state index contributed by atoms with van der Waals surface area (Å²) in [5.74, 6) is 0. The van der Waals surface area contributed by atoms with E-state index in [0.717, 1.165) is 25.2 Å². The van der Waals surface area contributed by atoms with E-state index >= 15 is 0 Å². The maximum Gasteiger partial charge on any atom is 0.268 e. The van der Waals surface area contributed by atoms with E-state index < -0.39 is 0 Å². The second-order valence-electron chi connectivity index (χ2n) is 4.77. The van der Waals surface area contributed by atoms with E-state index in [0.29, 0.717) is 26.3 Å². The Balaban J connectivity index is 1.94. The average molecular weight is 282 g/mol. The molecule has 1 saturated heterocycles. The summed E-state index contributed by atoms with van der Waals surface area (Å²) in [5.41, 5.74) is 6.07. The normalized spacial score (nSPS) is 18.7. The van der Waals surface area contributed by atoms with Crippen molar-refractivity contribution in [3.05, 3.63) is 22.6 Å². The van der Waals surface area contributed by atoms with Crippen molar-refractivity contribution in [2.45, 2.75) is 19.1 Å². The van der Waals surface area contributed by atoms with Crippen molar-refractivity contribution in [2.75, 3.05) is 44.9 Å². The van der Waals surface area contributed by atoms with E-state index in [1.807, 2.05) is 0 Å². The number of hydrogen-bond acceptors (Lipinski definition) is 6. The van der Waals surface area contributed by atoms with Gasteiger partial charge >= 0.3 is 0 Å². The third kappa shape index (κ3) is 3.78. The number of nitrogens with zero attached hydrogens (tertiary/aromatic N) is 3. The Bertz CT molecular complexity index is 477. The summed E-state index contributed by atoms with van der Waals surface area (Å²) in [6.07, 6.45) is 2.94. The molecule has 2 rings (SSSR count). The van der Waals surface area contributed by atoms with Gasteiger partial charge in [0.15, 0.2) is 0 Å². The third-order valence-electron chi connectivity index (χ3n) is 3.41. The second kappa shape index (κ2) is 7.37. The van der Waals surface area contributed by atoms with Crippen LogP contribution in [0.3, 0.4) is 0 Å². The molecule has 2 heterocycles. The van der Waals surface area contributed by atoms with Crippen LogP contribution < -0.4 is 16.2 Å². The second-order valence-corrected chi connectivity index (χ2v) is 4.77. The Morgan fingerprint density at radius 2 is 2.35 bits per heavy atom. The van der Waals surface area contributed by atoms with Crippen LogP contribution in [-0.4, -0.2) is 55.8 Å². The molecule has 1 aliphatic rings. The maximum atomic E-state index is 12.0. The topological polar surface area (TPSA) is 82.6 Å².